The van der Waals surface area contributed by atoms with Gasteiger partial charge in [0.1, 0.15) is 11.9 Å². The van der Waals surface area contributed by atoms with Gasteiger partial charge in [-0.2, -0.15) is 0 Å². The topological polar surface area (TPSA) is 62.7 Å². The first kappa shape index (κ1) is 21.4. The highest BCUT2D eigenvalue weighted by Crippen LogP contribution is 2.44. The summed E-state index contributed by atoms with van der Waals surface area (Å²) < 4.78 is 19.4. The number of nitrogens with zero attached hydrogens (tertiary/aromatic N) is 3. The Hall–Kier alpha value is -3.13. The van der Waals surface area contributed by atoms with Gasteiger partial charge in [0.05, 0.1) is 17.3 Å². The smallest absolute Gasteiger partial charge is 0.411 e. The van der Waals surface area contributed by atoms with E-state index < -0.39 is 0 Å². The van der Waals surface area contributed by atoms with Crippen molar-refractivity contribution in [3.63, 3.8) is 0 Å². The lowest BCUT2D eigenvalue weighted by atomic mass is 9.99. The molecule has 2 amide bonds. The number of rotatable bonds is 4. The first-order chi connectivity index (χ1) is 16.6. The zero-order valence-corrected chi connectivity index (χ0v) is 19.3. The maximum Gasteiger partial charge on any atom is 0.411 e. The minimum Gasteiger partial charge on any atom is -0.443 e. The lowest BCUT2D eigenvalue weighted by Gasteiger charge is -2.38. The molecular formula is C26H24FN3O3S. The van der Waals surface area contributed by atoms with Crippen LogP contribution in [0.3, 0.4) is 0 Å². The predicted molar refractivity (Wildman–Crippen MR) is 127 cm³/mol. The average Bonchev–Trinajstić information content (AvgIpc) is 3.36. The summed E-state index contributed by atoms with van der Waals surface area (Å²) in [6, 6.07) is 14.6. The van der Waals surface area contributed by atoms with Crippen molar-refractivity contribution in [1.82, 2.24) is 14.8 Å². The molecule has 174 valence electrons. The summed E-state index contributed by atoms with van der Waals surface area (Å²) in [6.07, 6.45) is 3.58. The number of benzene rings is 2. The summed E-state index contributed by atoms with van der Waals surface area (Å²) in [7, 11) is 0. The minimum atomic E-state index is -0.316. The number of carbonyl (C=O) groups excluding carboxylic acids is 2. The highest BCUT2D eigenvalue weighted by Gasteiger charge is 2.50. The maximum absolute atomic E-state index is 13.7. The number of ether oxygens (including phenoxy) is 1. The van der Waals surface area contributed by atoms with E-state index in [-0.39, 0.29) is 41.8 Å². The summed E-state index contributed by atoms with van der Waals surface area (Å²) in [5.74, 6) is 0.0191. The minimum absolute atomic E-state index is 0.0214. The quantitative estimate of drug-likeness (QED) is 0.515. The van der Waals surface area contributed by atoms with Crippen LogP contribution >= 0.6 is 11.8 Å². The van der Waals surface area contributed by atoms with Crippen molar-refractivity contribution in [3.05, 3.63) is 71.7 Å². The first-order valence-electron chi connectivity index (χ1n) is 11.6. The molecule has 0 N–H and O–H groups in total. The van der Waals surface area contributed by atoms with E-state index in [2.05, 4.69) is 17.1 Å². The molecule has 0 spiro atoms. The molecule has 3 aliphatic rings. The number of hydrogen-bond donors (Lipinski definition) is 0. The molecule has 2 aromatic carbocycles. The molecule has 2 atom stereocenters. The number of carbonyl (C=O) groups is 2. The van der Waals surface area contributed by atoms with Crippen molar-refractivity contribution in [3.8, 4) is 0 Å². The molecule has 0 radical (unpaired) electrons. The zero-order chi connectivity index (χ0) is 23.2. The van der Waals surface area contributed by atoms with Gasteiger partial charge in [-0.3, -0.25) is 14.7 Å². The Balaban J connectivity index is 1.09. The molecule has 6 rings (SSSR count). The molecule has 0 unspecified atom stereocenters. The maximum atomic E-state index is 13.7. The van der Waals surface area contributed by atoms with Gasteiger partial charge < -0.3 is 9.64 Å². The van der Waals surface area contributed by atoms with Crippen molar-refractivity contribution in [2.75, 3.05) is 18.8 Å². The van der Waals surface area contributed by atoms with Crippen LogP contribution in [0.5, 0.6) is 0 Å². The van der Waals surface area contributed by atoms with Crippen LogP contribution in [-0.4, -0.2) is 57.8 Å². The number of pyridine rings is 1. The molecule has 3 heterocycles. The summed E-state index contributed by atoms with van der Waals surface area (Å²) in [5, 5.41) is 0.720. The van der Waals surface area contributed by atoms with E-state index in [1.807, 2.05) is 28.0 Å². The molecule has 1 aromatic heterocycles. The monoisotopic (exact) mass is 477 g/mol. The molecule has 6 nitrogen and oxygen atoms in total. The van der Waals surface area contributed by atoms with Crippen molar-refractivity contribution >= 4 is 34.7 Å². The summed E-state index contributed by atoms with van der Waals surface area (Å²) >= 11 is 1.41. The normalized spacial score (nSPS) is 22.1. The molecule has 34 heavy (non-hydrogen) atoms. The predicted octanol–water partition coefficient (Wildman–Crippen LogP) is 4.58. The molecular weight excluding hydrogens is 453 g/mol. The summed E-state index contributed by atoms with van der Waals surface area (Å²) in [4.78, 5) is 34.5. The van der Waals surface area contributed by atoms with Crippen molar-refractivity contribution in [2.45, 2.75) is 42.3 Å². The third kappa shape index (κ3) is 3.70. The molecule has 0 bridgehead atoms. The number of halogens is 1. The highest BCUT2D eigenvalue weighted by molar-refractivity contribution is 8.00. The molecule has 2 fully saturated rings. The van der Waals surface area contributed by atoms with Crippen LogP contribution in [0.15, 0.2) is 59.6 Å². The fourth-order valence-corrected chi connectivity index (χ4v) is 6.43. The first-order valence-corrected chi connectivity index (χ1v) is 12.6. The molecule has 1 aliphatic carbocycles. The lowest BCUT2D eigenvalue weighted by molar-refractivity contribution is -0.129. The summed E-state index contributed by atoms with van der Waals surface area (Å²) in [5.41, 5.74) is 3.15. The van der Waals surface area contributed by atoms with E-state index >= 15 is 0 Å². The average molecular weight is 478 g/mol. The van der Waals surface area contributed by atoms with Gasteiger partial charge in [-0.1, -0.05) is 24.3 Å². The Morgan fingerprint density at radius 1 is 1.15 bits per heavy atom. The Morgan fingerprint density at radius 2 is 1.97 bits per heavy atom. The van der Waals surface area contributed by atoms with E-state index in [1.165, 1.54) is 35.0 Å². The fraction of sp³-hybridized carbons (Fsp3) is 0.346. The van der Waals surface area contributed by atoms with E-state index in [1.54, 1.807) is 12.3 Å². The number of likely N-dealkylation sites (tertiary alicyclic amines) is 1. The van der Waals surface area contributed by atoms with Crippen LogP contribution in [0.25, 0.3) is 10.9 Å². The van der Waals surface area contributed by atoms with Crippen LogP contribution in [-0.2, 0) is 16.0 Å². The second-order valence-corrected chi connectivity index (χ2v) is 10.1. The van der Waals surface area contributed by atoms with Gasteiger partial charge in [0.25, 0.3) is 0 Å². The van der Waals surface area contributed by atoms with Crippen molar-refractivity contribution in [2.24, 2.45) is 0 Å². The molecule has 2 saturated heterocycles. The zero-order valence-electron chi connectivity index (χ0n) is 18.5. The van der Waals surface area contributed by atoms with E-state index in [0.29, 0.717) is 18.6 Å². The second-order valence-electron chi connectivity index (χ2n) is 9.05. The Morgan fingerprint density at radius 3 is 2.82 bits per heavy atom. The number of hydrogen-bond acceptors (Lipinski definition) is 5. The standard InChI is InChI=1S/C26H24FN3O3S/c27-17-5-6-21-20(14-17)23(7-10-28-21)34-15-24(31)29-11-8-18(9-12-29)30-25-19-4-2-1-3-16(19)13-22(25)33-26(30)32/h1-7,10,14,18,22,25H,8-9,11-13,15H2/t22-,25+/m0/s1. The SMILES string of the molecule is O=C(CSc1ccnc2ccc(F)cc12)N1CCC(N2C(=O)O[C@H]3Cc4ccccc4[C@H]32)CC1. The third-order valence-corrected chi connectivity index (χ3v) is 8.19. The van der Waals surface area contributed by atoms with Crippen LogP contribution in [0, 0.1) is 5.82 Å². The van der Waals surface area contributed by atoms with Gasteiger partial charge in [0.2, 0.25) is 5.91 Å². The number of thioether (sulfide) groups is 1. The molecule has 8 heteroatoms. The van der Waals surface area contributed by atoms with Gasteiger partial charge in [0, 0.05) is 42.0 Å². The van der Waals surface area contributed by atoms with Crippen LogP contribution < -0.4 is 0 Å². The fourth-order valence-electron chi connectivity index (χ4n) is 5.50. The van der Waals surface area contributed by atoms with Gasteiger partial charge in [-0.25, -0.2) is 9.18 Å². The number of piperidine rings is 1. The Bertz CT molecular complexity index is 1280. The molecule has 3 aromatic rings. The largest absolute Gasteiger partial charge is 0.443 e. The summed E-state index contributed by atoms with van der Waals surface area (Å²) in [6.45, 7) is 1.22. The van der Waals surface area contributed by atoms with Crippen molar-refractivity contribution in [1.29, 1.82) is 0 Å². The number of fused-ring (bicyclic) bond motifs is 4. The van der Waals surface area contributed by atoms with Gasteiger partial charge >= 0.3 is 6.09 Å². The van der Waals surface area contributed by atoms with Crippen LogP contribution in [0.4, 0.5) is 9.18 Å². The number of amides is 2. The third-order valence-electron chi connectivity index (χ3n) is 7.14. The van der Waals surface area contributed by atoms with Crippen molar-refractivity contribution < 1.29 is 18.7 Å². The Labute approximate surface area is 201 Å². The second kappa shape index (κ2) is 8.58. The van der Waals surface area contributed by atoms with Crippen LogP contribution in [0.2, 0.25) is 0 Å². The molecule has 0 saturated carbocycles. The van der Waals surface area contributed by atoms with E-state index in [0.717, 1.165) is 29.5 Å². The van der Waals surface area contributed by atoms with E-state index in [9.17, 15) is 14.0 Å². The van der Waals surface area contributed by atoms with Crippen LogP contribution in [0.1, 0.15) is 30.0 Å². The van der Waals surface area contributed by atoms with Gasteiger partial charge in [-0.05, 0) is 48.2 Å². The lowest BCUT2D eigenvalue weighted by Crippen LogP contribution is -2.48. The molecule has 2 aliphatic heterocycles. The van der Waals surface area contributed by atoms with Gasteiger partial charge in [-0.15, -0.1) is 11.8 Å². The van der Waals surface area contributed by atoms with Gasteiger partial charge in [0.15, 0.2) is 0 Å². The number of aromatic nitrogens is 1. The Kier molecular flexibility index (Phi) is 5.40. The van der Waals surface area contributed by atoms with E-state index in [4.69, 9.17) is 4.74 Å². The highest BCUT2D eigenvalue weighted by atomic mass is 32.2.